The minimum Gasteiger partial charge on any atom is -0.308 e. The van der Waals surface area contributed by atoms with Gasteiger partial charge in [-0.1, -0.05) is 255 Å². The molecule has 0 atom stereocenters. The molecule has 2 heterocycles. The Morgan fingerprint density at radius 2 is 0.658 bits per heavy atom. The molecule has 0 N–H and O–H groups in total. The summed E-state index contributed by atoms with van der Waals surface area (Å²) in [6.45, 7) is 4.39. The van der Waals surface area contributed by atoms with Crippen LogP contribution in [0, 0.1) is 13.8 Å². The quantitative estimate of drug-likeness (QED) is 0.0958. The first-order chi connectivity index (χ1) is 37.5. The van der Waals surface area contributed by atoms with E-state index >= 15 is 0 Å². The molecule has 0 bridgehead atoms. The van der Waals surface area contributed by atoms with Crippen molar-refractivity contribution >= 4 is 50.6 Å². The van der Waals surface area contributed by atoms with Gasteiger partial charge in [0.2, 0.25) is 0 Å². The minimum absolute atomic E-state index is 0.590. The maximum atomic E-state index is 5.40. The van der Waals surface area contributed by atoms with Gasteiger partial charge in [0.05, 0.1) is 16.7 Å². The van der Waals surface area contributed by atoms with Gasteiger partial charge in [-0.05, 0) is 103 Å². The van der Waals surface area contributed by atoms with Crippen molar-refractivity contribution < 1.29 is 0 Å². The molecule has 2 aromatic heterocycles. The van der Waals surface area contributed by atoms with Crippen molar-refractivity contribution in [1.29, 1.82) is 0 Å². The molecule has 13 rings (SSSR count). The van der Waals surface area contributed by atoms with Crippen LogP contribution >= 0.6 is 0 Å². The molecule has 4 nitrogen and oxygen atoms in total. The zero-order valence-electron chi connectivity index (χ0n) is 42.3. The van der Waals surface area contributed by atoms with Gasteiger partial charge in [0.25, 0.3) is 0 Å². The summed E-state index contributed by atoms with van der Waals surface area (Å²) < 4.78 is 2.47. The van der Waals surface area contributed by atoms with E-state index < -0.39 is 8.07 Å². The highest BCUT2D eigenvalue weighted by molar-refractivity contribution is 7.19. The van der Waals surface area contributed by atoms with E-state index in [4.69, 9.17) is 15.0 Å². The second-order valence-corrected chi connectivity index (χ2v) is 23.4. The number of hydrogen-bond donors (Lipinski definition) is 0. The largest absolute Gasteiger partial charge is 0.308 e. The molecular formula is C71H52N4Si. The summed E-state index contributed by atoms with van der Waals surface area (Å²) in [4.78, 5) is 16.0. The van der Waals surface area contributed by atoms with Gasteiger partial charge in [-0.25, -0.2) is 15.0 Å². The Labute approximate surface area is 445 Å². The van der Waals surface area contributed by atoms with Crippen LogP contribution in [0.25, 0.3) is 95.0 Å². The van der Waals surface area contributed by atoms with Gasteiger partial charge in [0.15, 0.2) is 25.5 Å². The molecule has 0 spiro atoms. The Morgan fingerprint density at radius 3 is 1.13 bits per heavy atom. The normalized spacial score (nSPS) is 11.6. The van der Waals surface area contributed by atoms with Crippen LogP contribution in [-0.2, 0) is 0 Å². The van der Waals surface area contributed by atoms with Crippen molar-refractivity contribution in [1.82, 2.24) is 19.5 Å². The van der Waals surface area contributed by atoms with Gasteiger partial charge >= 0.3 is 0 Å². The number of benzene rings is 11. The van der Waals surface area contributed by atoms with Crippen LogP contribution < -0.4 is 20.7 Å². The van der Waals surface area contributed by atoms with E-state index in [1.165, 1.54) is 43.0 Å². The van der Waals surface area contributed by atoms with Crippen LogP contribution in [0.15, 0.2) is 279 Å². The van der Waals surface area contributed by atoms with Gasteiger partial charge in [-0.15, -0.1) is 0 Å². The molecule has 0 saturated carbocycles. The van der Waals surface area contributed by atoms with Crippen molar-refractivity contribution in [3.63, 3.8) is 0 Å². The molecule has 5 heteroatoms. The van der Waals surface area contributed by atoms with Crippen molar-refractivity contribution in [2.24, 2.45) is 0 Å². The van der Waals surface area contributed by atoms with Crippen molar-refractivity contribution in [2.45, 2.75) is 13.8 Å². The molecule has 0 saturated heterocycles. The van der Waals surface area contributed by atoms with Crippen molar-refractivity contribution in [2.75, 3.05) is 0 Å². The van der Waals surface area contributed by atoms with E-state index in [0.717, 1.165) is 66.4 Å². The number of aromatic nitrogens is 4. The summed E-state index contributed by atoms with van der Waals surface area (Å²) in [7, 11) is -2.86. The van der Waals surface area contributed by atoms with Gasteiger partial charge in [0.1, 0.15) is 0 Å². The predicted molar refractivity (Wildman–Crippen MR) is 320 cm³/mol. The fourth-order valence-electron chi connectivity index (χ4n) is 11.4. The maximum Gasteiger partial charge on any atom is 0.179 e. The first kappa shape index (κ1) is 46.2. The van der Waals surface area contributed by atoms with Crippen LogP contribution in [0.4, 0.5) is 0 Å². The van der Waals surface area contributed by atoms with E-state index in [9.17, 15) is 0 Å². The molecule has 0 aliphatic carbocycles. The highest BCUT2D eigenvalue weighted by Crippen LogP contribution is 2.41. The first-order valence-electron chi connectivity index (χ1n) is 26.0. The average Bonchev–Trinajstić information content (AvgIpc) is 3.86. The highest BCUT2D eigenvalue weighted by atomic mass is 28.3. The Hall–Kier alpha value is -9.55. The summed E-state index contributed by atoms with van der Waals surface area (Å²) in [6.07, 6.45) is 0. The predicted octanol–water partition coefficient (Wildman–Crippen LogP) is 15.0. The standard InChI is InChI=1S/C71H52N4Si/c1-49-23-18-20-37-61(49)55-40-42-63-64-43-41-56(62-38-21-19-24-50(62)2)48-67(64)75(66(63)47-55)68-46-54(39-44-65(68)71-73-69(51-25-8-3-9-26-51)72-70(74-71)52-27-10-4-11-28-52)53-29-22-36-60(45-53)76(57-30-12-5-13-31-57,58-32-14-6-15-33-58)59-34-16-7-17-35-59/h3-48H,1-2H3. The topological polar surface area (TPSA) is 43.6 Å². The van der Waals surface area contributed by atoms with E-state index in [0.29, 0.717) is 17.5 Å². The molecule has 76 heavy (non-hydrogen) atoms. The smallest absolute Gasteiger partial charge is 0.179 e. The van der Waals surface area contributed by atoms with E-state index in [1.54, 1.807) is 0 Å². The summed E-state index contributed by atoms with van der Waals surface area (Å²) in [5.41, 5.74) is 15.2. The Bertz CT molecular complexity index is 3970. The molecule has 0 amide bonds. The molecule has 0 fully saturated rings. The molecule has 0 aliphatic rings. The fraction of sp³-hybridized carbons (Fsp3) is 0.0282. The summed E-state index contributed by atoms with van der Waals surface area (Å²) >= 11 is 0. The monoisotopic (exact) mass is 988 g/mol. The van der Waals surface area contributed by atoms with Gasteiger partial charge < -0.3 is 4.57 Å². The Morgan fingerprint density at radius 1 is 0.276 bits per heavy atom. The van der Waals surface area contributed by atoms with E-state index in [1.807, 2.05) is 36.4 Å². The lowest BCUT2D eigenvalue weighted by atomic mass is 9.98. The fourth-order valence-corrected chi connectivity index (χ4v) is 16.2. The molecule has 360 valence electrons. The van der Waals surface area contributed by atoms with Gasteiger partial charge in [0, 0.05) is 27.5 Å². The Balaban J connectivity index is 1.12. The minimum atomic E-state index is -2.86. The lowest BCUT2D eigenvalue weighted by molar-refractivity contribution is 1.06. The second-order valence-electron chi connectivity index (χ2n) is 19.6. The van der Waals surface area contributed by atoms with E-state index in [-0.39, 0.29) is 0 Å². The number of rotatable bonds is 11. The summed E-state index contributed by atoms with van der Waals surface area (Å²) in [5, 5.41) is 7.63. The second kappa shape index (κ2) is 19.7. The van der Waals surface area contributed by atoms with Crippen LogP contribution in [-0.4, -0.2) is 27.6 Å². The van der Waals surface area contributed by atoms with Gasteiger partial charge in [-0.3, -0.25) is 0 Å². The zero-order chi connectivity index (χ0) is 51.0. The lowest BCUT2D eigenvalue weighted by Crippen LogP contribution is -2.74. The van der Waals surface area contributed by atoms with Crippen LogP contribution in [0.2, 0.25) is 0 Å². The molecular weight excluding hydrogens is 937 g/mol. The third-order valence-electron chi connectivity index (χ3n) is 15.1. The average molecular weight is 989 g/mol. The number of fused-ring (bicyclic) bond motifs is 3. The van der Waals surface area contributed by atoms with Gasteiger partial charge in [-0.2, -0.15) is 0 Å². The zero-order valence-corrected chi connectivity index (χ0v) is 43.3. The molecule has 0 aliphatic heterocycles. The summed E-state index contributed by atoms with van der Waals surface area (Å²) in [6, 6.07) is 101. The third kappa shape index (κ3) is 8.24. The van der Waals surface area contributed by atoms with Crippen molar-refractivity contribution in [3.05, 3.63) is 290 Å². The number of nitrogens with zero attached hydrogens (tertiary/aromatic N) is 4. The SMILES string of the molecule is Cc1ccccc1-c1ccc2c3ccc(-c4ccccc4C)cc3n(-c3cc(-c4cccc([Si](c5ccccc5)(c5ccccc5)c5ccccc5)c4)ccc3-c3nc(-c4ccccc4)nc(-c4ccccc4)n3)c2c1. The number of aryl methyl sites for hydroxylation is 2. The molecule has 0 radical (unpaired) electrons. The lowest BCUT2D eigenvalue weighted by Gasteiger charge is -2.34. The molecule has 0 unspecified atom stereocenters. The number of hydrogen-bond acceptors (Lipinski definition) is 3. The highest BCUT2D eigenvalue weighted by Gasteiger charge is 2.41. The van der Waals surface area contributed by atoms with E-state index in [2.05, 4.69) is 261 Å². The Kier molecular flexibility index (Phi) is 12.0. The van der Waals surface area contributed by atoms with Crippen LogP contribution in [0.5, 0.6) is 0 Å². The van der Waals surface area contributed by atoms with Crippen LogP contribution in [0.3, 0.4) is 0 Å². The first-order valence-corrected chi connectivity index (χ1v) is 28.0. The third-order valence-corrected chi connectivity index (χ3v) is 19.9. The van der Waals surface area contributed by atoms with Crippen molar-refractivity contribution in [3.8, 4) is 73.2 Å². The van der Waals surface area contributed by atoms with Crippen LogP contribution in [0.1, 0.15) is 11.1 Å². The molecule has 13 aromatic rings. The maximum absolute atomic E-state index is 5.40. The molecule has 11 aromatic carbocycles. The summed E-state index contributed by atoms with van der Waals surface area (Å²) in [5.74, 6) is 1.82.